The van der Waals surface area contributed by atoms with Gasteiger partial charge in [0.05, 0.1) is 11.4 Å². The van der Waals surface area contributed by atoms with Crippen molar-refractivity contribution >= 4 is 0 Å². The van der Waals surface area contributed by atoms with Crippen molar-refractivity contribution in [3.8, 4) is 11.3 Å². The van der Waals surface area contributed by atoms with Crippen LogP contribution in [0.15, 0.2) is 30.3 Å². The minimum absolute atomic E-state index is 0.115. The summed E-state index contributed by atoms with van der Waals surface area (Å²) in [5.74, 6) is 1.70. The summed E-state index contributed by atoms with van der Waals surface area (Å²) in [4.78, 5) is 0. The largest absolute Gasteiger partial charge is 0.207 e. The lowest BCUT2D eigenvalue weighted by atomic mass is 9.78. The van der Waals surface area contributed by atoms with Gasteiger partial charge < -0.3 is 0 Å². The number of rotatable bonds is 14. The number of unbranched alkanes of at least 4 members (excludes halogenated alkanes) is 6. The predicted octanol–water partition coefficient (Wildman–Crippen LogP) is 9.11. The Balaban J connectivity index is 1.41. The number of nitrogens with zero attached hydrogens (tertiary/aromatic N) is 2. The van der Waals surface area contributed by atoms with E-state index in [1.807, 2.05) is 18.2 Å². The Labute approximate surface area is 201 Å². The number of aromatic nitrogens is 2. The van der Waals surface area contributed by atoms with Crippen LogP contribution in [0.25, 0.3) is 11.3 Å². The van der Waals surface area contributed by atoms with Crippen LogP contribution in [-0.4, -0.2) is 10.2 Å². The molecule has 0 radical (unpaired) electrons. The lowest BCUT2D eigenvalue weighted by Gasteiger charge is -2.28. The lowest BCUT2D eigenvalue weighted by molar-refractivity contribution is 0.248. The SMILES string of the molecule is CCCCCCc1ccc(-c2ccc(CCC3CCC(CCCCCC)CC3)nn2)cc1F. The number of hydrogen-bond acceptors (Lipinski definition) is 2. The van der Waals surface area contributed by atoms with Gasteiger partial charge in [-0.25, -0.2) is 4.39 Å². The van der Waals surface area contributed by atoms with E-state index < -0.39 is 0 Å². The molecule has 1 aliphatic carbocycles. The summed E-state index contributed by atoms with van der Waals surface area (Å²) in [7, 11) is 0. The third-order valence-corrected chi connectivity index (χ3v) is 7.61. The van der Waals surface area contributed by atoms with Crippen LogP contribution in [0.5, 0.6) is 0 Å². The van der Waals surface area contributed by atoms with Gasteiger partial charge in [-0.2, -0.15) is 10.2 Å². The van der Waals surface area contributed by atoms with Crippen LogP contribution in [0.3, 0.4) is 0 Å². The zero-order valence-electron chi connectivity index (χ0n) is 21.1. The molecular weight excluding hydrogens is 407 g/mol. The maximum absolute atomic E-state index is 14.5. The fourth-order valence-corrected chi connectivity index (χ4v) is 5.32. The van der Waals surface area contributed by atoms with Crippen molar-refractivity contribution in [3.63, 3.8) is 0 Å². The molecule has 0 amide bonds. The van der Waals surface area contributed by atoms with Crippen LogP contribution in [0, 0.1) is 17.7 Å². The Kier molecular flexibility index (Phi) is 11.3. The molecule has 0 spiro atoms. The molecule has 182 valence electrons. The van der Waals surface area contributed by atoms with Gasteiger partial charge in [-0.3, -0.25) is 0 Å². The fourth-order valence-electron chi connectivity index (χ4n) is 5.32. The van der Waals surface area contributed by atoms with E-state index in [0.717, 1.165) is 53.6 Å². The molecule has 1 fully saturated rings. The van der Waals surface area contributed by atoms with Gasteiger partial charge in [0.1, 0.15) is 5.82 Å². The normalized spacial score (nSPS) is 18.5. The third kappa shape index (κ3) is 8.83. The van der Waals surface area contributed by atoms with Gasteiger partial charge in [0, 0.05) is 5.56 Å². The molecule has 0 bridgehead atoms. The van der Waals surface area contributed by atoms with Crippen LogP contribution < -0.4 is 0 Å². The standard InChI is InChI=1S/C30H45FN2/c1-3-5-7-9-11-24-13-15-25(16-14-24)17-20-28-21-22-30(33-32-28)27-19-18-26(29(31)23-27)12-10-8-6-4-2/h18-19,21-25H,3-17,20H2,1-2H3. The van der Waals surface area contributed by atoms with Crippen LogP contribution in [-0.2, 0) is 12.8 Å². The predicted molar refractivity (Wildman–Crippen MR) is 138 cm³/mol. The van der Waals surface area contributed by atoms with Crippen molar-refractivity contribution in [3.05, 3.63) is 47.4 Å². The monoisotopic (exact) mass is 452 g/mol. The lowest BCUT2D eigenvalue weighted by Crippen LogP contribution is -2.15. The van der Waals surface area contributed by atoms with E-state index >= 15 is 0 Å². The molecule has 33 heavy (non-hydrogen) atoms. The zero-order valence-corrected chi connectivity index (χ0v) is 21.1. The van der Waals surface area contributed by atoms with Crippen molar-refractivity contribution < 1.29 is 4.39 Å². The molecule has 2 nitrogen and oxygen atoms in total. The molecule has 0 N–H and O–H groups in total. The first-order chi connectivity index (χ1) is 16.2. The van der Waals surface area contributed by atoms with E-state index in [4.69, 9.17) is 0 Å². The van der Waals surface area contributed by atoms with Gasteiger partial charge in [0.25, 0.3) is 0 Å². The summed E-state index contributed by atoms with van der Waals surface area (Å²) in [5.41, 5.74) is 3.46. The molecule has 0 unspecified atom stereocenters. The summed E-state index contributed by atoms with van der Waals surface area (Å²) < 4.78 is 14.5. The van der Waals surface area contributed by atoms with Gasteiger partial charge in [-0.1, -0.05) is 103 Å². The first kappa shape index (κ1) is 25.8. The van der Waals surface area contributed by atoms with Crippen molar-refractivity contribution in [2.45, 2.75) is 117 Å². The molecule has 0 aliphatic heterocycles. The first-order valence-corrected chi connectivity index (χ1v) is 13.8. The van der Waals surface area contributed by atoms with E-state index in [2.05, 4.69) is 30.1 Å². The second-order valence-corrected chi connectivity index (χ2v) is 10.3. The molecule has 0 saturated heterocycles. The highest BCUT2D eigenvalue weighted by atomic mass is 19.1. The van der Waals surface area contributed by atoms with Gasteiger partial charge in [0.15, 0.2) is 0 Å². The number of benzene rings is 1. The average Bonchev–Trinajstić information content (AvgIpc) is 2.85. The number of halogens is 1. The summed E-state index contributed by atoms with van der Waals surface area (Å²) in [6.45, 7) is 4.49. The smallest absolute Gasteiger partial charge is 0.127 e. The quantitative estimate of drug-likeness (QED) is 0.267. The van der Waals surface area contributed by atoms with Gasteiger partial charge in [-0.05, 0) is 61.3 Å². The molecule has 1 saturated carbocycles. The zero-order chi connectivity index (χ0) is 23.3. The second kappa shape index (κ2) is 14.5. The first-order valence-electron chi connectivity index (χ1n) is 13.8. The minimum Gasteiger partial charge on any atom is -0.207 e. The fraction of sp³-hybridized carbons (Fsp3) is 0.667. The van der Waals surface area contributed by atoms with Crippen LogP contribution in [0.2, 0.25) is 0 Å². The molecule has 1 aromatic heterocycles. The van der Waals surface area contributed by atoms with Gasteiger partial charge in [-0.15, -0.1) is 0 Å². The minimum atomic E-state index is -0.115. The molecule has 1 aliphatic rings. The highest BCUT2D eigenvalue weighted by molar-refractivity contribution is 5.59. The Morgan fingerprint density at radius 2 is 1.42 bits per heavy atom. The number of hydrogen-bond donors (Lipinski definition) is 0. The second-order valence-electron chi connectivity index (χ2n) is 10.3. The summed E-state index contributed by atoms with van der Waals surface area (Å²) in [6.07, 6.45) is 20.3. The summed E-state index contributed by atoms with van der Waals surface area (Å²) in [6, 6.07) is 9.62. The van der Waals surface area contributed by atoms with Crippen LogP contribution >= 0.6 is 0 Å². The van der Waals surface area contributed by atoms with Crippen molar-refractivity contribution in [2.75, 3.05) is 0 Å². The average molecular weight is 453 g/mol. The Hall–Kier alpha value is -1.77. The van der Waals surface area contributed by atoms with E-state index in [0.29, 0.717) is 0 Å². The third-order valence-electron chi connectivity index (χ3n) is 7.61. The molecule has 1 aromatic carbocycles. The van der Waals surface area contributed by atoms with Gasteiger partial charge in [0.2, 0.25) is 0 Å². The Morgan fingerprint density at radius 1 is 0.727 bits per heavy atom. The van der Waals surface area contributed by atoms with Crippen molar-refractivity contribution in [1.82, 2.24) is 10.2 Å². The van der Waals surface area contributed by atoms with E-state index in [9.17, 15) is 4.39 Å². The maximum atomic E-state index is 14.5. The molecular formula is C30H45FN2. The molecule has 2 aromatic rings. The molecule has 1 heterocycles. The van der Waals surface area contributed by atoms with Crippen LogP contribution in [0.1, 0.15) is 115 Å². The Morgan fingerprint density at radius 3 is 2.06 bits per heavy atom. The van der Waals surface area contributed by atoms with E-state index in [1.165, 1.54) is 83.5 Å². The van der Waals surface area contributed by atoms with E-state index in [-0.39, 0.29) is 5.82 Å². The maximum Gasteiger partial charge on any atom is 0.127 e. The van der Waals surface area contributed by atoms with Crippen molar-refractivity contribution in [2.24, 2.45) is 11.8 Å². The molecule has 3 heteroatoms. The topological polar surface area (TPSA) is 25.8 Å². The van der Waals surface area contributed by atoms with Crippen molar-refractivity contribution in [1.29, 1.82) is 0 Å². The summed E-state index contributed by atoms with van der Waals surface area (Å²) in [5, 5.41) is 8.88. The Bertz CT molecular complexity index is 793. The van der Waals surface area contributed by atoms with Gasteiger partial charge >= 0.3 is 0 Å². The molecule has 3 rings (SSSR count). The summed E-state index contributed by atoms with van der Waals surface area (Å²) >= 11 is 0. The highest BCUT2D eigenvalue weighted by Gasteiger charge is 2.20. The molecule has 0 atom stereocenters. The highest BCUT2D eigenvalue weighted by Crippen LogP contribution is 2.34. The van der Waals surface area contributed by atoms with E-state index in [1.54, 1.807) is 6.07 Å². The van der Waals surface area contributed by atoms with Crippen LogP contribution in [0.4, 0.5) is 4.39 Å². The number of aryl methyl sites for hydroxylation is 2.